The third kappa shape index (κ3) is 4.79. The molecule has 0 saturated heterocycles. The summed E-state index contributed by atoms with van der Waals surface area (Å²) in [6.45, 7) is 3.97. The Morgan fingerprint density at radius 3 is 2.33 bits per heavy atom. The largest absolute Gasteiger partial charge is 0.391 e. The van der Waals surface area contributed by atoms with Crippen molar-refractivity contribution in [3.63, 3.8) is 0 Å². The molecule has 1 aromatic rings. The van der Waals surface area contributed by atoms with E-state index in [1.165, 1.54) is 0 Å². The molecule has 0 aliphatic heterocycles. The first-order chi connectivity index (χ1) is 8.38. The first-order valence-electron chi connectivity index (χ1n) is 5.81. The highest BCUT2D eigenvalue weighted by Gasteiger charge is 2.12. The molecule has 2 N–H and O–H groups in total. The molecule has 0 heterocycles. The van der Waals surface area contributed by atoms with E-state index in [2.05, 4.69) is 5.32 Å². The zero-order valence-electron chi connectivity index (χ0n) is 10.4. The van der Waals surface area contributed by atoms with Gasteiger partial charge in [-0.25, -0.2) is 8.78 Å². The normalized spacial score (nSPS) is 12.6. The van der Waals surface area contributed by atoms with Crippen molar-refractivity contribution in [1.29, 1.82) is 0 Å². The molecule has 3 nitrogen and oxygen atoms in total. The summed E-state index contributed by atoms with van der Waals surface area (Å²) in [5, 5.41) is 12.0. The Morgan fingerprint density at radius 1 is 1.28 bits per heavy atom. The maximum atomic E-state index is 12.9. The molecule has 0 spiro atoms. The smallest absolute Gasteiger partial charge is 0.251 e. The molecule has 1 aromatic carbocycles. The van der Waals surface area contributed by atoms with Gasteiger partial charge in [0.2, 0.25) is 0 Å². The Balaban J connectivity index is 2.55. The average molecular weight is 257 g/mol. The van der Waals surface area contributed by atoms with Gasteiger partial charge in [0.1, 0.15) is 11.6 Å². The molecule has 1 rings (SSSR count). The van der Waals surface area contributed by atoms with Gasteiger partial charge in [0, 0.05) is 18.2 Å². The Labute approximate surface area is 105 Å². The summed E-state index contributed by atoms with van der Waals surface area (Å²) < 4.78 is 25.8. The van der Waals surface area contributed by atoms with Gasteiger partial charge in [-0.2, -0.15) is 0 Å². The maximum Gasteiger partial charge on any atom is 0.251 e. The fraction of sp³-hybridized carbons (Fsp3) is 0.462. The van der Waals surface area contributed by atoms with Crippen LogP contribution in [0.5, 0.6) is 0 Å². The zero-order valence-corrected chi connectivity index (χ0v) is 10.4. The monoisotopic (exact) mass is 257 g/mol. The summed E-state index contributed by atoms with van der Waals surface area (Å²) >= 11 is 0. The predicted octanol–water partition coefficient (Wildman–Crippen LogP) is 2.10. The molecule has 0 aromatic heterocycles. The molecule has 1 amide bonds. The van der Waals surface area contributed by atoms with Crippen molar-refractivity contribution in [3.8, 4) is 0 Å². The molecule has 100 valence electrons. The predicted molar refractivity (Wildman–Crippen MR) is 64.2 cm³/mol. The first-order valence-corrected chi connectivity index (χ1v) is 5.81. The minimum absolute atomic E-state index is 0.0646. The van der Waals surface area contributed by atoms with Crippen LogP contribution in [-0.4, -0.2) is 23.7 Å². The molecular weight excluding hydrogens is 240 g/mol. The molecule has 1 unspecified atom stereocenters. The van der Waals surface area contributed by atoms with Gasteiger partial charge in [0.25, 0.3) is 5.91 Å². The number of benzene rings is 1. The number of nitrogens with one attached hydrogen (secondary N) is 1. The summed E-state index contributed by atoms with van der Waals surface area (Å²) in [4.78, 5) is 11.6. The van der Waals surface area contributed by atoms with E-state index < -0.39 is 23.6 Å². The topological polar surface area (TPSA) is 49.3 Å². The molecular formula is C13H17F2NO2. The number of carbonyl (C=O) groups is 1. The minimum Gasteiger partial charge on any atom is -0.391 e. The Morgan fingerprint density at radius 2 is 1.83 bits per heavy atom. The SMILES string of the molecule is CC(C)CC(O)CNC(=O)c1cc(F)cc(F)c1. The lowest BCUT2D eigenvalue weighted by Crippen LogP contribution is -2.32. The molecule has 0 radical (unpaired) electrons. The number of aliphatic hydroxyl groups is 1. The number of aliphatic hydroxyl groups excluding tert-OH is 1. The summed E-state index contributed by atoms with van der Waals surface area (Å²) in [7, 11) is 0. The van der Waals surface area contributed by atoms with Crippen LogP contribution in [0.25, 0.3) is 0 Å². The van der Waals surface area contributed by atoms with Gasteiger partial charge in [0.15, 0.2) is 0 Å². The lowest BCUT2D eigenvalue weighted by Gasteiger charge is -2.13. The van der Waals surface area contributed by atoms with Crippen LogP contribution in [-0.2, 0) is 0 Å². The van der Waals surface area contributed by atoms with E-state index in [9.17, 15) is 18.7 Å². The van der Waals surface area contributed by atoms with Crippen LogP contribution >= 0.6 is 0 Å². The van der Waals surface area contributed by atoms with Crippen molar-refractivity contribution in [2.45, 2.75) is 26.4 Å². The number of carbonyl (C=O) groups excluding carboxylic acids is 1. The number of halogens is 2. The van der Waals surface area contributed by atoms with E-state index in [0.717, 1.165) is 12.1 Å². The van der Waals surface area contributed by atoms with Gasteiger partial charge in [-0.05, 0) is 24.5 Å². The van der Waals surface area contributed by atoms with Crippen molar-refractivity contribution in [1.82, 2.24) is 5.32 Å². The average Bonchev–Trinajstić information content (AvgIpc) is 2.23. The molecule has 5 heteroatoms. The van der Waals surface area contributed by atoms with Crippen LogP contribution in [0.15, 0.2) is 18.2 Å². The van der Waals surface area contributed by atoms with Crippen molar-refractivity contribution >= 4 is 5.91 Å². The van der Waals surface area contributed by atoms with Gasteiger partial charge < -0.3 is 10.4 Å². The molecule has 0 bridgehead atoms. The maximum absolute atomic E-state index is 12.9. The van der Waals surface area contributed by atoms with Crippen LogP contribution in [0.2, 0.25) is 0 Å². The third-order valence-corrected chi connectivity index (χ3v) is 2.37. The van der Waals surface area contributed by atoms with Gasteiger partial charge in [-0.15, -0.1) is 0 Å². The molecule has 0 aliphatic rings. The quantitative estimate of drug-likeness (QED) is 0.848. The van der Waals surface area contributed by atoms with Crippen LogP contribution in [0.4, 0.5) is 8.78 Å². The van der Waals surface area contributed by atoms with Crippen LogP contribution in [0.3, 0.4) is 0 Å². The summed E-state index contributed by atoms with van der Waals surface area (Å²) in [5.74, 6) is -1.90. The van der Waals surface area contributed by atoms with Gasteiger partial charge in [0.05, 0.1) is 6.10 Å². The lowest BCUT2D eigenvalue weighted by molar-refractivity contribution is 0.0899. The van der Waals surface area contributed by atoms with Crippen molar-refractivity contribution in [3.05, 3.63) is 35.4 Å². The van der Waals surface area contributed by atoms with Gasteiger partial charge in [-0.1, -0.05) is 13.8 Å². The molecule has 0 aliphatic carbocycles. The molecule has 0 fully saturated rings. The standard InChI is InChI=1S/C13H17F2NO2/c1-8(2)3-12(17)7-16-13(18)9-4-10(14)6-11(15)5-9/h4-6,8,12,17H,3,7H2,1-2H3,(H,16,18). The van der Waals surface area contributed by atoms with Gasteiger partial charge >= 0.3 is 0 Å². The van der Waals surface area contributed by atoms with Crippen molar-refractivity contribution in [2.75, 3.05) is 6.54 Å². The van der Waals surface area contributed by atoms with Crippen LogP contribution < -0.4 is 5.32 Å². The van der Waals surface area contributed by atoms with E-state index in [4.69, 9.17) is 0 Å². The minimum atomic E-state index is -0.803. The third-order valence-electron chi connectivity index (χ3n) is 2.37. The summed E-state index contributed by atoms with van der Waals surface area (Å²) in [5.41, 5.74) is -0.0933. The van der Waals surface area contributed by atoms with Crippen LogP contribution in [0.1, 0.15) is 30.6 Å². The number of rotatable bonds is 5. The second kappa shape index (κ2) is 6.44. The van der Waals surface area contributed by atoms with E-state index in [1.807, 2.05) is 13.8 Å². The lowest BCUT2D eigenvalue weighted by atomic mass is 10.1. The molecule has 18 heavy (non-hydrogen) atoms. The van der Waals surface area contributed by atoms with E-state index in [-0.39, 0.29) is 12.1 Å². The fourth-order valence-corrected chi connectivity index (χ4v) is 1.62. The summed E-state index contributed by atoms with van der Waals surface area (Å²) in [6, 6.07) is 2.60. The fourth-order valence-electron chi connectivity index (χ4n) is 1.62. The highest BCUT2D eigenvalue weighted by atomic mass is 19.1. The van der Waals surface area contributed by atoms with Crippen LogP contribution in [0, 0.1) is 17.6 Å². The van der Waals surface area contributed by atoms with Crippen molar-refractivity contribution < 1.29 is 18.7 Å². The second-order valence-electron chi connectivity index (χ2n) is 4.65. The Kier molecular flexibility index (Phi) is 5.22. The number of hydrogen-bond donors (Lipinski definition) is 2. The first kappa shape index (κ1) is 14.6. The van der Waals surface area contributed by atoms with E-state index in [1.54, 1.807) is 0 Å². The molecule has 0 saturated carbocycles. The van der Waals surface area contributed by atoms with E-state index >= 15 is 0 Å². The van der Waals surface area contributed by atoms with E-state index in [0.29, 0.717) is 18.4 Å². The zero-order chi connectivity index (χ0) is 13.7. The highest BCUT2D eigenvalue weighted by Crippen LogP contribution is 2.08. The van der Waals surface area contributed by atoms with Crippen molar-refractivity contribution in [2.24, 2.45) is 5.92 Å². The van der Waals surface area contributed by atoms with Gasteiger partial charge in [-0.3, -0.25) is 4.79 Å². The molecule has 1 atom stereocenters. The highest BCUT2D eigenvalue weighted by molar-refractivity contribution is 5.94. The Hall–Kier alpha value is -1.49. The number of amides is 1. The Bertz CT molecular complexity index is 401. The second-order valence-corrected chi connectivity index (χ2v) is 4.65. The summed E-state index contributed by atoms with van der Waals surface area (Å²) in [6.07, 6.45) is -0.106. The number of hydrogen-bond acceptors (Lipinski definition) is 2.